The van der Waals surface area contributed by atoms with Gasteiger partial charge in [0.05, 0.1) is 0 Å². The molecule has 0 saturated heterocycles. The van der Waals surface area contributed by atoms with E-state index < -0.39 is 0 Å². The van der Waals surface area contributed by atoms with Crippen LogP contribution in [0.3, 0.4) is 0 Å². The van der Waals surface area contributed by atoms with Gasteiger partial charge in [0, 0.05) is 33.0 Å². The molecule has 0 aliphatic rings. The predicted molar refractivity (Wildman–Crippen MR) is 129 cm³/mol. The number of hydrogen-bond acceptors (Lipinski definition) is 2. The minimum Gasteiger partial charge on any atom is -0.456 e. The summed E-state index contributed by atoms with van der Waals surface area (Å²) in [6.45, 7) is 6.91. The van der Waals surface area contributed by atoms with Crippen molar-refractivity contribution in [1.82, 2.24) is 0 Å². The van der Waals surface area contributed by atoms with Crippen LogP contribution in [0.4, 0.5) is 0 Å². The second kappa shape index (κ2) is 6.49. The fourth-order valence-electron chi connectivity index (χ4n) is 5.07. The molecule has 6 rings (SSSR count). The summed E-state index contributed by atoms with van der Waals surface area (Å²) in [4.78, 5) is 0. The first-order valence-electron chi connectivity index (χ1n) is 10.8. The molecule has 4 aromatic carbocycles. The van der Waals surface area contributed by atoms with Crippen LogP contribution in [-0.2, 0) is 0 Å². The van der Waals surface area contributed by atoms with Crippen molar-refractivity contribution in [2.45, 2.75) is 26.7 Å². The molecule has 2 heterocycles. The van der Waals surface area contributed by atoms with Gasteiger partial charge in [0.1, 0.15) is 22.3 Å². The Bertz CT molecular complexity index is 1570. The normalized spacial score (nSPS) is 13.5. The van der Waals surface area contributed by atoms with Gasteiger partial charge in [-0.25, -0.2) is 0 Å². The molecular formula is C29H24O2. The summed E-state index contributed by atoms with van der Waals surface area (Å²) in [6, 6.07) is 29.7. The predicted octanol–water partition coefficient (Wildman–Crippen LogP) is 8.66. The fourth-order valence-corrected chi connectivity index (χ4v) is 5.07. The number of hydrogen-bond donors (Lipinski definition) is 0. The number of rotatable bonds is 2. The quantitative estimate of drug-likeness (QED) is 0.288. The number of benzene rings is 4. The molecule has 31 heavy (non-hydrogen) atoms. The summed E-state index contributed by atoms with van der Waals surface area (Å²) in [5.74, 6) is 0.176. The Morgan fingerprint density at radius 3 is 1.94 bits per heavy atom. The van der Waals surface area contributed by atoms with Gasteiger partial charge in [-0.1, -0.05) is 81.4 Å². The number of fused-ring (bicyclic) bond motifs is 6. The molecule has 0 amide bonds. The molecule has 0 N–H and O–H groups in total. The molecule has 0 bridgehead atoms. The van der Waals surface area contributed by atoms with Gasteiger partial charge < -0.3 is 8.83 Å². The minimum absolute atomic E-state index is 0.000470. The lowest BCUT2D eigenvalue weighted by molar-refractivity contribution is 0.358. The Morgan fingerprint density at radius 2 is 1.19 bits per heavy atom. The zero-order valence-electron chi connectivity index (χ0n) is 18.0. The first kappa shape index (κ1) is 18.3. The molecule has 2 heteroatoms. The first-order valence-corrected chi connectivity index (χ1v) is 10.8. The van der Waals surface area contributed by atoms with Crippen LogP contribution in [0.15, 0.2) is 93.8 Å². The van der Waals surface area contributed by atoms with E-state index in [-0.39, 0.29) is 11.3 Å². The van der Waals surface area contributed by atoms with Crippen molar-refractivity contribution in [3.8, 4) is 0 Å². The summed E-state index contributed by atoms with van der Waals surface area (Å²) in [5.41, 5.74) is 6.30. The molecule has 152 valence electrons. The molecule has 0 spiro atoms. The molecule has 0 fully saturated rings. The Kier molecular flexibility index (Phi) is 3.82. The molecule has 0 saturated carbocycles. The van der Waals surface area contributed by atoms with Crippen molar-refractivity contribution in [3.63, 3.8) is 0 Å². The lowest BCUT2D eigenvalue weighted by Gasteiger charge is -2.31. The van der Waals surface area contributed by atoms with Crippen LogP contribution < -0.4 is 0 Å². The Balaban J connectivity index is 1.63. The van der Waals surface area contributed by atoms with E-state index in [1.807, 2.05) is 18.2 Å². The summed E-state index contributed by atoms with van der Waals surface area (Å²) < 4.78 is 12.5. The second-order valence-corrected chi connectivity index (χ2v) is 9.48. The molecule has 1 unspecified atom stereocenters. The van der Waals surface area contributed by atoms with Crippen LogP contribution in [0.2, 0.25) is 0 Å². The maximum absolute atomic E-state index is 6.41. The topological polar surface area (TPSA) is 26.3 Å². The third-order valence-electron chi connectivity index (χ3n) is 6.35. The van der Waals surface area contributed by atoms with E-state index in [2.05, 4.69) is 87.5 Å². The van der Waals surface area contributed by atoms with Crippen molar-refractivity contribution >= 4 is 43.9 Å². The van der Waals surface area contributed by atoms with E-state index in [0.29, 0.717) is 0 Å². The highest BCUT2D eigenvalue weighted by Crippen LogP contribution is 2.46. The van der Waals surface area contributed by atoms with Gasteiger partial charge in [-0.3, -0.25) is 0 Å². The van der Waals surface area contributed by atoms with E-state index in [1.165, 1.54) is 27.3 Å². The van der Waals surface area contributed by atoms with E-state index in [1.54, 1.807) is 0 Å². The van der Waals surface area contributed by atoms with Crippen LogP contribution >= 0.6 is 0 Å². The van der Waals surface area contributed by atoms with E-state index in [0.717, 1.165) is 27.7 Å². The van der Waals surface area contributed by atoms with Crippen LogP contribution in [0.5, 0.6) is 0 Å². The number of furan rings is 2. The Morgan fingerprint density at radius 1 is 0.581 bits per heavy atom. The standard InChI is InChI=1S/C29H24O2/c1-29(2,3)27(18-15-16-26-23(17-18)20-10-5-6-13-24(20)30-26)22-12-8-11-21-19-9-4-7-14-25(19)31-28(21)22/h4-17,27H,1-3H3. The van der Waals surface area contributed by atoms with Crippen molar-refractivity contribution in [3.05, 3.63) is 96.1 Å². The molecule has 2 aromatic heterocycles. The largest absolute Gasteiger partial charge is 0.456 e. The van der Waals surface area contributed by atoms with E-state index in [4.69, 9.17) is 8.83 Å². The Hall–Kier alpha value is -3.52. The van der Waals surface area contributed by atoms with Crippen molar-refractivity contribution in [2.24, 2.45) is 5.41 Å². The van der Waals surface area contributed by atoms with Crippen LogP contribution in [0, 0.1) is 5.41 Å². The lowest BCUT2D eigenvalue weighted by Crippen LogP contribution is -2.19. The fraction of sp³-hybridized carbons (Fsp3) is 0.172. The maximum Gasteiger partial charge on any atom is 0.139 e. The molecule has 1 atom stereocenters. The average Bonchev–Trinajstić information content (AvgIpc) is 3.32. The summed E-state index contributed by atoms with van der Waals surface area (Å²) >= 11 is 0. The summed E-state index contributed by atoms with van der Waals surface area (Å²) in [6.07, 6.45) is 0. The third kappa shape index (κ3) is 2.79. The van der Waals surface area contributed by atoms with Crippen LogP contribution in [0.1, 0.15) is 37.8 Å². The van der Waals surface area contributed by atoms with Crippen molar-refractivity contribution in [2.75, 3.05) is 0 Å². The maximum atomic E-state index is 6.41. The summed E-state index contributed by atoms with van der Waals surface area (Å²) in [7, 11) is 0. The monoisotopic (exact) mass is 404 g/mol. The lowest BCUT2D eigenvalue weighted by atomic mass is 9.72. The second-order valence-electron chi connectivity index (χ2n) is 9.48. The zero-order valence-corrected chi connectivity index (χ0v) is 18.0. The van der Waals surface area contributed by atoms with Gasteiger partial charge >= 0.3 is 0 Å². The highest BCUT2D eigenvalue weighted by atomic mass is 16.3. The van der Waals surface area contributed by atoms with Crippen molar-refractivity contribution in [1.29, 1.82) is 0 Å². The highest BCUT2D eigenvalue weighted by molar-refractivity contribution is 6.07. The Labute approximate surface area is 181 Å². The summed E-state index contributed by atoms with van der Waals surface area (Å²) in [5, 5.41) is 4.67. The average molecular weight is 405 g/mol. The van der Waals surface area contributed by atoms with Gasteiger partial charge in [-0.2, -0.15) is 0 Å². The van der Waals surface area contributed by atoms with Crippen LogP contribution in [-0.4, -0.2) is 0 Å². The van der Waals surface area contributed by atoms with E-state index >= 15 is 0 Å². The molecular weight excluding hydrogens is 380 g/mol. The van der Waals surface area contributed by atoms with Gasteiger partial charge in [0.25, 0.3) is 0 Å². The molecule has 2 nitrogen and oxygen atoms in total. The smallest absolute Gasteiger partial charge is 0.139 e. The third-order valence-corrected chi connectivity index (χ3v) is 6.35. The molecule has 0 radical (unpaired) electrons. The molecule has 6 aromatic rings. The first-order chi connectivity index (χ1) is 15.0. The highest BCUT2D eigenvalue weighted by Gasteiger charge is 2.31. The van der Waals surface area contributed by atoms with Crippen LogP contribution in [0.25, 0.3) is 43.9 Å². The number of para-hydroxylation sites is 3. The van der Waals surface area contributed by atoms with Gasteiger partial charge in [-0.05, 0) is 35.2 Å². The SMILES string of the molecule is CC(C)(C)C(c1ccc2oc3ccccc3c2c1)c1cccc2c1oc1ccccc12. The molecule has 0 aliphatic heterocycles. The van der Waals surface area contributed by atoms with E-state index in [9.17, 15) is 0 Å². The van der Waals surface area contributed by atoms with Crippen molar-refractivity contribution < 1.29 is 8.83 Å². The molecule has 0 aliphatic carbocycles. The van der Waals surface area contributed by atoms with Gasteiger partial charge in [-0.15, -0.1) is 0 Å². The van der Waals surface area contributed by atoms with Gasteiger partial charge in [0.15, 0.2) is 0 Å². The van der Waals surface area contributed by atoms with Gasteiger partial charge in [0.2, 0.25) is 0 Å². The zero-order chi connectivity index (χ0) is 21.2. The minimum atomic E-state index is 0.000470.